The van der Waals surface area contributed by atoms with Crippen molar-refractivity contribution in [3.8, 4) is 0 Å². The molecule has 3 rings (SSSR count). The van der Waals surface area contributed by atoms with E-state index in [0.29, 0.717) is 0 Å². The molecule has 2 N–H and O–H groups in total. The van der Waals surface area contributed by atoms with Gasteiger partial charge in [0.1, 0.15) is 0 Å². The highest BCUT2D eigenvalue weighted by atomic mass is 35.5. The lowest BCUT2D eigenvalue weighted by Crippen LogP contribution is -2.21. The lowest BCUT2D eigenvalue weighted by Gasteiger charge is -2.14. The van der Waals surface area contributed by atoms with Crippen molar-refractivity contribution in [1.82, 2.24) is 9.88 Å². The number of alkyl halides is 2. The van der Waals surface area contributed by atoms with Gasteiger partial charge in [0, 0.05) is 28.5 Å². The molecule has 2 heterocycles. The average Bonchev–Trinajstić information content (AvgIpc) is 3.14. The fourth-order valence-electron chi connectivity index (χ4n) is 2.87. The first-order valence-electron chi connectivity index (χ1n) is 7.54. The number of hydrogen-bond donors (Lipinski definition) is 2. The third-order valence-electron chi connectivity index (χ3n) is 3.95. The van der Waals surface area contributed by atoms with Crippen molar-refractivity contribution in [2.24, 2.45) is 0 Å². The number of benzene rings is 1. The zero-order valence-electron chi connectivity index (χ0n) is 13.0. The standard InChI is InChI=1S/C15H19ClN2S.CH2F2O/c1-19-13-5-4-12-14(15(13)16)11(10-17-12)6-9-18-7-2-3-8-18;2-1(3)4/h4-5,10,17H,2-3,6-9H2,1H3;1,4H. The molecule has 3 nitrogen and oxygen atoms in total. The highest BCUT2D eigenvalue weighted by Gasteiger charge is 2.14. The van der Waals surface area contributed by atoms with Gasteiger partial charge in [0.2, 0.25) is 0 Å². The predicted molar refractivity (Wildman–Crippen MR) is 92.7 cm³/mol. The molecule has 0 saturated carbocycles. The summed E-state index contributed by atoms with van der Waals surface area (Å²) in [5.74, 6) is 0. The van der Waals surface area contributed by atoms with Crippen molar-refractivity contribution >= 4 is 34.3 Å². The van der Waals surface area contributed by atoms with Crippen LogP contribution in [0.5, 0.6) is 0 Å². The lowest BCUT2D eigenvalue weighted by molar-refractivity contribution is -0.0728. The molecular formula is C16H21ClF2N2OS. The van der Waals surface area contributed by atoms with Gasteiger partial charge in [0.05, 0.1) is 5.02 Å². The van der Waals surface area contributed by atoms with E-state index in [-0.39, 0.29) is 0 Å². The van der Waals surface area contributed by atoms with Crippen molar-refractivity contribution in [3.63, 3.8) is 0 Å². The number of rotatable bonds is 4. The van der Waals surface area contributed by atoms with Crippen LogP contribution in [0, 0.1) is 0 Å². The number of aliphatic hydroxyl groups excluding tert-OH is 1. The lowest BCUT2D eigenvalue weighted by atomic mass is 10.1. The van der Waals surface area contributed by atoms with Gasteiger partial charge in [-0.1, -0.05) is 11.6 Å². The molecule has 0 spiro atoms. The number of thioether (sulfide) groups is 1. The molecule has 0 aliphatic carbocycles. The minimum absolute atomic E-state index is 0.905. The number of likely N-dealkylation sites (tertiary alicyclic amines) is 1. The van der Waals surface area contributed by atoms with Crippen LogP contribution in [0.3, 0.4) is 0 Å². The van der Waals surface area contributed by atoms with Crippen LogP contribution in [-0.4, -0.2) is 47.5 Å². The minimum atomic E-state index is -3.17. The van der Waals surface area contributed by atoms with Crippen LogP contribution in [0.4, 0.5) is 8.78 Å². The van der Waals surface area contributed by atoms with E-state index >= 15 is 0 Å². The molecule has 2 aromatic rings. The molecule has 1 saturated heterocycles. The highest BCUT2D eigenvalue weighted by molar-refractivity contribution is 7.98. The first-order valence-corrected chi connectivity index (χ1v) is 9.14. The van der Waals surface area contributed by atoms with Crippen LogP contribution in [0.25, 0.3) is 10.9 Å². The molecule has 1 fully saturated rings. The Kier molecular flexibility index (Phi) is 7.14. The largest absolute Gasteiger partial charge is 0.361 e. The molecule has 0 unspecified atom stereocenters. The molecule has 0 radical (unpaired) electrons. The Morgan fingerprint density at radius 2 is 2.00 bits per heavy atom. The normalized spacial score (nSPS) is 15.2. The number of H-pyrrole nitrogens is 1. The van der Waals surface area contributed by atoms with E-state index in [9.17, 15) is 8.78 Å². The number of aromatic nitrogens is 1. The second-order valence-corrected chi connectivity index (χ2v) is 6.62. The van der Waals surface area contributed by atoms with E-state index < -0.39 is 6.61 Å². The quantitative estimate of drug-likeness (QED) is 0.793. The second kappa shape index (κ2) is 8.87. The number of hydrogen-bond acceptors (Lipinski definition) is 3. The molecule has 128 valence electrons. The Hall–Kier alpha value is -0.820. The number of nitrogens with one attached hydrogen (secondary N) is 1. The summed E-state index contributed by atoms with van der Waals surface area (Å²) in [4.78, 5) is 7.05. The average molecular weight is 363 g/mol. The topological polar surface area (TPSA) is 39.3 Å². The minimum Gasteiger partial charge on any atom is -0.361 e. The zero-order chi connectivity index (χ0) is 16.8. The van der Waals surface area contributed by atoms with Gasteiger partial charge in [-0.15, -0.1) is 11.8 Å². The van der Waals surface area contributed by atoms with Crippen LogP contribution in [-0.2, 0) is 6.42 Å². The monoisotopic (exact) mass is 362 g/mol. The van der Waals surface area contributed by atoms with E-state index in [1.165, 1.54) is 36.9 Å². The zero-order valence-corrected chi connectivity index (χ0v) is 14.6. The molecular weight excluding hydrogens is 342 g/mol. The van der Waals surface area contributed by atoms with E-state index in [2.05, 4.69) is 34.5 Å². The Morgan fingerprint density at radius 1 is 1.35 bits per heavy atom. The summed E-state index contributed by atoms with van der Waals surface area (Å²) in [6.45, 7) is 0.491. The summed E-state index contributed by atoms with van der Waals surface area (Å²) in [6.07, 6.45) is 7.98. The number of nitrogens with zero attached hydrogens (tertiary/aromatic N) is 1. The van der Waals surface area contributed by atoms with Gasteiger partial charge < -0.3 is 15.0 Å². The third-order valence-corrected chi connectivity index (χ3v) is 5.23. The molecule has 1 aliphatic rings. The Morgan fingerprint density at radius 3 is 2.61 bits per heavy atom. The molecule has 0 amide bonds. The number of halogens is 3. The van der Waals surface area contributed by atoms with Crippen LogP contribution >= 0.6 is 23.4 Å². The first-order chi connectivity index (χ1) is 11.0. The maximum absolute atomic E-state index is 9.89. The second-order valence-electron chi connectivity index (χ2n) is 5.39. The van der Waals surface area contributed by atoms with Crippen LogP contribution in [0.15, 0.2) is 23.2 Å². The molecule has 1 aromatic heterocycles. The molecule has 0 bridgehead atoms. The Labute approximate surface area is 144 Å². The van der Waals surface area contributed by atoms with Crippen molar-refractivity contribution in [3.05, 3.63) is 28.9 Å². The van der Waals surface area contributed by atoms with Gasteiger partial charge in [-0.05, 0) is 56.3 Å². The fraction of sp³-hybridized carbons (Fsp3) is 0.500. The number of fused-ring (bicyclic) bond motifs is 1. The molecule has 1 aromatic carbocycles. The van der Waals surface area contributed by atoms with Gasteiger partial charge in [-0.2, -0.15) is 8.78 Å². The summed E-state index contributed by atoms with van der Waals surface area (Å²) in [5, 5.41) is 8.84. The predicted octanol–water partition coefficient (Wildman–Crippen LogP) is 4.38. The van der Waals surface area contributed by atoms with E-state index in [4.69, 9.17) is 16.7 Å². The van der Waals surface area contributed by atoms with Gasteiger partial charge in [0.25, 0.3) is 0 Å². The van der Waals surface area contributed by atoms with Crippen molar-refractivity contribution < 1.29 is 13.9 Å². The maximum atomic E-state index is 9.89. The summed E-state index contributed by atoms with van der Waals surface area (Å²) in [7, 11) is 0. The van der Waals surface area contributed by atoms with E-state index in [0.717, 1.165) is 28.4 Å². The number of aromatic amines is 1. The van der Waals surface area contributed by atoms with Gasteiger partial charge in [0.15, 0.2) is 0 Å². The van der Waals surface area contributed by atoms with Crippen LogP contribution in [0.1, 0.15) is 18.4 Å². The number of aliphatic hydroxyl groups is 1. The summed E-state index contributed by atoms with van der Waals surface area (Å²) < 4.78 is 19.8. The fourth-order valence-corrected chi connectivity index (χ4v) is 3.87. The van der Waals surface area contributed by atoms with Crippen LogP contribution < -0.4 is 0 Å². The van der Waals surface area contributed by atoms with Crippen molar-refractivity contribution in [2.45, 2.75) is 30.8 Å². The van der Waals surface area contributed by atoms with Gasteiger partial charge in [-0.25, -0.2) is 0 Å². The smallest absolute Gasteiger partial charge is 0.342 e. The maximum Gasteiger partial charge on any atom is 0.342 e. The molecule has 0 atom stereocenters. The van der Waals surface area contributed by atoms with E-state index in [1.54, 1.807) is 11.8 Å². The van der Waals surface area contributed by atoms with Crippen LogP contribution in [0.2, 0.25) is 5.02 Å². The highest BCUT2D eigenvalue weighted by Crippen LogP contribution is 2.34. The molecule has 23 heavy (non-hydrogen) atoms. The molecule has 7 heteroatoms. The Bertz CT molecular complexity index is 627. The Balaban J connectivity index is 0.000000433. The van der Waals surface area contributed by atoms with Crippen molar-refractivity contribution in [1.29, 1.82) is 0 Å². The molecule has 1 aliphatic heterocycles. The van der Waals surface area contributed by atoms with Gasteiger partial charge in [-0.3, -0.25) is 0 Å². The summed E-state index contributed by atoms with van der Waals surface area (Å²) in [5.41, 5.74) is 2.50. The van der Waals surface area contributed by atoms with Gasteiger partial charge >= 0.3 is 6.61 Å². The third kappa shape index (κ3) is 5.08. The van der Waals surface area contributed by atoms with E-state index in [1.807, 2.05) is 0 Å². The summed E-state index contributed by atoms with van der Waals surface area (Å²) in [6, 6.07) is 4.22. The first kappa shape index (κ1) is 18.5. The van der Waals surface area contributed by atoms with Crippen molar-refractivity contribution in [2.75, 3.05) is 25.9 Å². The summed E-state index contributed by atoms with van der Waals surface area (Å²) >= 11 is 8.24. The SMILES string of the molecule is CSc1ccc2[nH]cc(CCN3CCCC3)c2c1Cl.OC(F)F.